The molecule has 1 heterocycles. The van der Waals surface area contributed by atoms with Gasteiger partial charge in [0.2, 0.25) is 0 Å². The van der Waals surface area contributed by atoms with Crippen LogP contribution < -0.4 is 5.90 Å². The number of hydrogen-bond acceptors (Lipinski definition) is 4. The summed E-state index contributed by atoms with van der Waals surface area (Å²) in [6, 6.07) is 0. The van der Waals surface area contributed by atoms with Crippen LogP contribution in [-0.2, 0) is 4.84 Å². The SMILES string of the molecule is Cc1ncncc1C(C)ON. The van der Waals surface area contributed by atoms with Crippen LogP contribution in [0.5, 0.6) is 0 Å². The van der Waals surface area contributed by atoms with Crippen molar-refractivity contribution in [3.63, 3.8) is 0 Å². The van der Waals surface area contributed by atoms with Crippen molar-refractivity contribution in [3.05, 3.63) is 23.8 Å². The summed E-state index contributed by atoms with van der Waals surface area (Å²) in [5.74, 6) is 5.02. The third kappa shape index (κ3) is 1.72. The van der Waals surface area contributed by atoms with Gasteiger partial charge in [0.25, 0.3) is 0 Å². The van der Waals surface area contributed by atoms with Crippen molar-refractivity contribution in [2.45, 2.75) is 20.0 Å². The minimum Gasteiger partial charge on any atom is -0.297 e. The molecule has 0 fully saturated rings. The molecule has 0 aromatic carbocycles. The summed E-state index contributed by atoms with van der Waals surface area (Å²) < 4.78 is 0. The van der Waals surface area contributed by atoms with Crippen LogP contribution in [-0.4, -0.2) is 9.97 Å². The zero-order valence-corrected chi connectivity index (χ0v) is 6.61. The topological polar surface area (TPSA) is 61.0 Å². The van der Waals surface area contributed by atoms with Crippen LogP contribution in [0.1, 0.15) is 24.3 Å². The van der Waals surface area contributed by atoms with Crippen molar-refractivity contribution in [2.24, 2.45) is 5.90 Å². The van der Waals surface area contributed by atoms with Gasteiger partial charge in [-0.15, -0.1) is 0 Å². The number of aromatic nitrogens is 2. The molecule has 1 rings (SSSR count). The minimum atomic E-state index is -0.142. The summed E-state index contributed by atoms with van der Waals surface area (Å²) in [4.78, 5) is 12.5. The molecule has 2 N–H and O–H groups in total. The van der Waals surface area contributed by atoms with Crippen molar-refractivity contribution in [1.82, 2.24) is 9.97 Å². The Morgan fingerprint density at radius 3 is 2.91 bits per heavy atom. The van der Waals surface area contributed by atoms with E-state index in [0.717, 1.165) is 11.3 Å². The Morgan fingerprint density at radius 2 is 2.36 bits per heavy atom. The Morgan fingerprint density at radius 1 is 1.64 bits per heavy atom. The first-order valence-electron chi connectivity index (χ1n) is 3.37. The summed E-state index contributed by atoms with van der Waals surface area (Å²) in [5, 5.41) is 0. The lowest BCUT2D eigenvalue weighted by molar-refractivity contribution is 0.0654. The third-order valence-corrected chi connectivity index (χ3v) is 1.59. The standard InChI is InChI=1S/C7H11N3O/c1-5-7(6(2)11-8)3-9-4-10-5/h3-4,6H,8H2,1-2H3. The predicted molar refractivity (Wildman–Crippen MR) is 40.5 cm³/mol. The maximum Gasteiger partial charge on any atom is 0.115 e. The maximum atomic E-state index is 5.02. The smallest absolute Gasteiger partial charge is 0.115 e. The highest BCUT2D eigenvalue weighted by Crippen LogP contribution is 2.15. The molecule has 4 nitrogen and oxygen atoms in total. The van der Waals surface area contributed by atoms with Gasteiger partial charge in [-0.3, -0.25) is 4.84 Å². The Labute approximate surface area is 65.4 Å². The molecule has 0 radical (unpaired) electrons. The average Bonchev–Trinajstić information content (AvgIpc) is 2.04. The van der Waals surface area contributed by atoms with Crippen LogP contribution in [0.25, 0.3) is 0 Å². The monoisotopic (exact) mass is 153 g/mol. The van der Waals surface area contributed by atoms with Crippen molar-refractivity contribution in [2.75, 3.05) is 0 Å². The molecule has 0 spiro atoms. The molecule has 0 saturated heterocycles. The molecule has 60 valence electrons. The highest BCUT2D eigenvalue weighted by atomic mass is 16.6. The summed E-state index contributed by atoms with van der Waals surface area (Å²) in [5.41, 5.74) is 1.83. The van der Waals surface area contributed by atoms with E-state index in [0.29, 0.717) is 0 Å². The molecule has 0 aliphatic carbocycles. The van der Waals surface area contributed by atoms with E-state index in [9.17, 15) is 0 Å². The number of nitrogens with two attached hydrogens (primary N) is 1. The zero-order valence-electron chi connectivity index (χ0n) is 6.61. The molecule has 0 amide bonds. The van der Waals surface area contributed by atoms with Gasteiger partial charge in [-0.25, -0.2) is 15.9 Å². The van der Waals surface area contributed by atoms with Crippen LogP contribution in [0.15, 0.2) is 12.5 Å². The summed E-state index contributed by atoms with van der Waals surface area (Å²) in [6.45, 7) is 3.75. The lowest BCUT2D eigenvalue weighted by Gasteiger charge is -2.09. The van der Waals surface area contributed by atoms with E-state index in [-0.39, 0.29) is 6.10 Å². The van der Waals surface area contributed by atoms with Crippen molar-refractivity contribution in [3.8, 4) is 0 Å². The van der Waals surface area contributed by atoms with Gasteiger partial charge in [0.15, 0.2) is 0 Å². The van der Waals surface area contributed by atoms with Crippen LogP contribution in [0.3, 0.4) is 0 Å². The summed E-state index contributed by atoms with van der Waals surface area (Å²) in [6.07, 6.45) is 3.07. The van der Waals surface area contributed by atoms with Crippen LogP contribution in [0.2, 0.25) is 0 Å². The van der Waals surface area contributed by atoms with Crippen LogP contribution in [0, 0.1) is 6.92 Å². The van der Waals surface area contributed by atoms with Gasteiger partial charge in [0, 0.05) is 17.5 Å². The molecule has 1 aromatic heterocycles. The van der Waals surface area contributed by atoms with Gasteiger partial charge in [0.05, 0.1) is 0 Å². The molecule has 0 saturated carbocycles. The Bertz CT molecular complexity index is 239. The molecule has 0 aliphatic rings. The number of nitrogens with zero attached hydrogens (tertiary/aromatic N) is 2. The number of hydrogen-bond donors (Lipinski definition) is 1. The second-order valence-corrected chi connectivity index (χ2v) is 2.34. The molecule has 11 heavy (non-hydrogen) atoms. The number of rotatable bonds is 2. The lowest BCUT2D eigenvalue weighted by atomic mass is 10.1. The largest absolute Gasteiger partial charge is 0.297 e. The number of aryl methyl sites for hydroxylation is 1. The summed E-state index contributed by atoms with van der Waals surface area (Å²) >= 11 is 0. The molecule has 1 unspecified atom stereocenters. The van der Waals surface area contributed by atoms with E-state index in [2.05, 4.69) is 14.8 Å². The predicted octanol–water partition coefficient (Wildman–Crippen LogP) is 0.736. The Balaban J connectivity index is 2.93. The molecular formula is C7H11N3O. The normalized spacial score (nSPS) is 13.0. The average molecular weight is 153 g/mol. The van der Waals surface area contributed by atoms with E-state index >= 15 is 0 Å². The fraction of sp³-hybridized carbons (Fsp3) is 0.429. The maximum absolute atomic E-state index is 5.02. The molecule has 0 bridgehead atoms. The van der Waals surface area contributed by atoms with Gasteiger partial charge >= 0.3 is 0 Å². The fourth-order valence-corrected chi connectivity index (χ4v) is 0.874. The van der Waals surface area contributed by atoms with Gasteiger partial charge in [0.1, 0.15) is 12.4 Å². The van der Waals surface area contributed by atoms with E-state index in [1.54, 1.807) is 6.20 Å². The van der Waals surface area contributed by atoms with Gasteiger partial charge in [-0.05, 0) is 13.8 Å². The van der Waals surface area contributed by atoms with Gasteiger partial charge < -0.3 is 0 Å². The molecule has 1 atom stereocenters. The molecule has 0 aliphatic heterocycles. The summed E-state index contributed by atoms with van der Waals surface area (Å²) in [7, 11) is 0. The van der Waals surface area contributed by atoms with Crippen molar-refractivity contribution < 1.29 is 4.84 Å². The first-order valence-corrected chi connectivity index (χ1v) is 3.37. The van der Waals surface area contributed by atoms with Crippen molar-refractivity contribution in [1.29, 1.82) is 0 Å². The van der Waals surface area contributed by atoms with E-state index in [4.69, 9.17) is 5.90 Å². The van der Waals surface area contributed by atoms with Gasteiger partial charge in [-0.2, -0.15) is 0 Å². The first-order chi connectivity index (χ1) is 5.25. The highest BCUT2D eigenvalue weighted by Gasteiger charge is 2.07. The second kappa shape index (κ2) is 3.41. The zero-order chi connectivity index (χ0) is 8.27. The van der Waals surface area contributed by atoms with E-state index in [1.165, 1.54) is 6.33 Å². The Kier molecular flexibility index (Phi) is 2.51. The third-order valence-electron chi connectivity index (χ3n) is 1.59. The minimum absolute atomic E-state index is 0.142. The fourth-order valence-electron chi connectivity index (χ4n) is 0.874. The lowest BCUT2D eigenvalue weighted by Crippen LogP contribution is -2.08. The second-order valence-electron chi connectivity index (χ2n) is 2.34. The first kappa shape index (κ1) is 8.10. The quantitative estimate of drug-likeness (QED) is 0.636. The molecule has 4 heteroatoms. The van der Waals surface area contributed by atoms with Crippen LogP contribution >= 0.6 is 0 Å². The van der Waals surface area contributed by atoms with Crippen LogP contribution in [0.4, 0.5) is 0 Å². The van der Waals surface area contributed by atoms with E-state index < -0.39 is 0 Å². The van der Waals surface area contributed by atoms with Crippen molar-refractivity contribution >= 4 is 0 Å². The Hall–Kier alpha value is -1.00. The van der Waals surface area contributed by atoms with Gasteiger partial charge in [-0.1, -0.05) is 0 Å². The highest BCUT2D eigenvalue weighted by molar-refractivity contribution is 5.16. The molecular weight excluding hydrogens is 142 g/mol. The van der Waals surface area contributed by atoms with E-state index in [1.807, 2.05) is 13.8 Å². The molecule has 1 aromatic rings.